The molecule has 1 amide bonds. The van der Waals surface area contributed by atoms with E-state index in [0.29, 0.717) is 35.5 Å². The number of carbonyl (C=O) groups excluding carboxylic acids is 1. The number of nitrogens with one attached hydrogen (secondary N) is 1. The molecule has 0 saturated heterocycles. The van der Waals surface area contributed by atoms with E-state index in [-0.39, 0.29) is 11.3 Å². The second-order valence-corrected chi connectivity index (χ2v) is 9.97. The Hall–Kier alpha value is -4.16. The predicted molar refractivity (Wildman–Crippen MR) is 136 cm³/mol. The Bertz CT molecular complexity index is 1550. The number of ether oxygens (including phenoxy) is 1. The maximum atomic E-state index is 12.7. The third-order valence-corrected chi connectivity index (χ3v) is 6.72. The number of aryl methyl sites for hydroxylation is 1. The lowest BCUT2D eigenvalue weighted by atomic mass is 9.77. The Labute approximate surface area is 208 Å². The van der Waals surface area contributed by atoms with Crippen molar-refractivity contribution < 1.29 is 14.6 Å². The van der Waals surface area contributed by atoms with Gasteiger partial charge >= 0.3 is 0 Å². The monoisotopic (exact) mass is 484 g/mol. The number of carbonyl (C=O) groups is 1. The summed E-state index contributed by atoms with van der Waals surface area (Å²) in [6.45, 7) is 6.78. The molecule has 0 unspecified atom stereocenters. The van der Waals surface area contributed by atoms with Crippen LogP contribution in [0.1, 0.15) is 42.3 Å². The van der Waals surface area contributed by atoms with Gasteiger partial charge in [-0.05, 0) is 42.3 Å². The van der Waals surface area contributed by atoms with Gasteiger partial charge in [-0.15, -0.1) is 0 Å². The summed E-state index contributed by atoms with van der Waals surface area (Å²) in [6, 6.07) is 9.97. The molecule has 2 aromatic carbocycles. The second-order valence-electron chi connectivity index (χ2n) is 9.97. The van der Waals surface area contributed by atoms with Crippen molar-refractivity contribution in [2.24, 2.45) is 7.05 Å². The summed E-state index contributed by atoms with van der Waals surface area (Å²) in [4.78, 5) is 12.7. The van der Waals surface area contributed by atoms with Crippen LogP contribution in [-0.4, -0.2) is 50.3 Å². The summed E-state index contributed by atoms with van der Waals surface area (Å²) in [5.41, 5.74) is 5.58. The number of methoxy groups -OCH3 is 1. The minimum Gasteiger partial charge on any atom is -0.496 e. The molecule has 9 heteroatoms. The van der Waals surface area contributed by atoms with Crippen LogP contribution in [0.4, 0.5) is 0 Å². The highest BCUT2D eigenvalue weighted by Gasteiger charge is 2.35. The van der Waals surface area contributed by atoms with Gasteiger partial charge in [-0.1, -0.05) is 13.8 Å². The first-order chi connectivity index (χ1) is 17.1. The minimum atomic E-state index is -0.516. The zero-order chi connectivity index (χ0) is 25.8. The van der Waals surface area contributed by atoms with Crippen molar-refractivity contribution in [1.29, 1.82) is 5.26 Å². The van der Waals surface area contributed by atoms with E-state index in [0.717, 1.165) is 33.3 Å². The predicted octanol–water partition coefficient (Wildman–Crippen LogP) is 3.39. The second kappa shape index (κ2) is 8.50. The molecule has 5 rings (SSSR count). The van der Waals surface area contributed by atoms with Crippen LogP contribution in [0.3, 0.4) is 0 Å². The fourth-order valence-electron chi connectivity index (χ4n) is 4.96. The van der Waals surface area contributed by atoms with Crippen LogP contribution in [-0.2, 0) is 19.0 Å². The SMILES string of the molecule is COc1cc(-c2c3c(C#N)cc(-c4cnn(C[C@H](C)O)c4)cc3nn2C)cc2c1C(=O)NCC2(C)C. The molecule has 3 heterocycles. The Kier molecular flexibility index (Phi) is 5.57. The van der Waals surface area contributed by atoms with E-state index in [1.54, 1.807) is 29.6 Å². The fraction of sp³-hybridized carbons (Fsp3) is 0.333. The highest BCUT2D eigenvalue weighted by Crippen LogP contribution is 2.41. The summed E-state index contributed by atoms with van der Waals surface area (Å²) < 4.78 is 9.09. The Morgan fingerprint density at radius 1 is 1.25 bits per heavy atom. The maximum Gasteiger partial charge on any atom is 0.255 e. The van der Waals surface area contributed by atoms with E-state index in [2.05, 4.69) is 30.3 Å². The van der Waals surface area contributed by atoms with Crippen molar-refractivity contribution in [2.45, 2.75) is 38.8 Å². The lowest BCUT2D eigenvalue weighted by molar-refractivity contribution is 0.0926. The molecule has 2 aromatic heterocycles. The van der Waals surface area contributed by atoms with E-state index in [1.165, 1.54) is 0 Å². The molecule has 0 saturated carbocycles. The summed E-state index contributed by atoms with van der Waals surface area (Å²) >= 11 is 0. The lowest BCUT2D eigenvalue weighted by Crippen LogP contribution is -2.43. The molecule has 36 heavy (non-hydrogen) atoms. The first-order valence-electron chi connectivity index (χ1n) is 11.8. The molecule has 184 valence electrons. The number of nitriles is 1. The van der Waals surface area contributed by atoms with Crippen molar-refractivity contribution in [3.05, 3.63) is 53.3 Å². The largest absolute Gasteiger partial charge is 0.496 e. The number of nitrogens with zero attached hydrogens (tertiary/aromatic N) is 5. The molecule has 9 nitrogen and oxygen atoms in total. The van der Waals surface area contributed by atoms with Gasteiger partial charge in [-0.2, -0.15) is 15.5 Å². The lowest BCUT2D eigenvalue weighted by Gasteiger charge is -2.33. The molecule has 1 aliphatic rings. The van der Waals surface area contributed by atoms with E-state index in [1.807, 2.05) is 37.5 Å². The normalized spacial score (nSPS) is 15.3. The first-order valence-corrected chi connectivity index (χ1v) is 11.8. The number of benzene rings is 2. The standard InChI is InChI=1S/C27H28N6O3/c1-15(34)12-33-13-19(11-30-33)16-6-18(10-28)23-21(8-16)31-32(4)25(23)17-7-20-24(22(9-17)36-5)26(35)29-14-27(20,2)3/h6-9,11,13,15,34H,12,14H2,1-5H3,(H,29,35)/t15-/m0/s1. The summed E-state index contributed by atoms with van der Waals surface area (Å²) in [6.07, 6.45) is 3.05. The van der Waals surface area contributed by atoms with E-state index in [4.69, 9.17) is 9.84 Å². The first kappa shape index (κ1) is 23.6. The Morgan fingerprint density at radius 3 is 2.72 bits per heavy atom. The van der Waals surface area contributed by atoms with Crippen molar-refractivity contribution in [3.63, 3.8) is 0 Å². The van der Waals surface area contributed by atoms with Gasteiger partial charge in [0.25, 0.3) is 5.91 Å². The van der Waals surface area contributed by atoms with Crippen LogP contribution in [0.15, 0.2) is 36.7 Å². The van der Waals surface area contributed by atoms with Gasteiger partial charge in [0.15, 0.2) is 0 Å². The Morgan fingerprint density at radius 2 is 2.03 bits per heavy atom. The molecule has 0 bridgehead atoms. The van der Waals surface area contributed by atoms with E-state index >= 15 is 0 Å². The van der Waals surface area contributed by atoms with Crippen LogP contribution >= 0.6 is 0 Å². The van der Waals surface area contributed by atoms with Crippen molar-refractivity contribution in [1.82, 2.24) is 24.9 Å². The number of hydrogen-bond acceptors (Lipinski definition) is 6. The molecule has 0 fully saturated rings. The minimum absolute atomic E-state index is 0.152. The molecule has 0 radical (unpaired) electrons. The fourth-order valence-corrected chi connectivity index (χ4v) is 4.96. The van der Waals surface area contributed by atoms with Crippen LogP contribution in [0.5, 0.6) is 5.75 Å². The number of hydrogen-bond donors (Lipinski definition) is 2. The van der Waals surface area contributed by atoms with Crippen molar-refractivity contribution >= 4 is 16.8 Å². The number of aromatic nitrogens is 4. The third-order valence-electron chi connectivity index (χ3n) is 6.72. The smallest absolute Gasteiger partial charge is 0.255 e. The summed E-state index contributed by atoms with van der Waals surface area (Å²) in [5.74, 6) is 0.337. The molecule has 0 spiro atoms. The molecule has 2 N–H and O–H groups in total. The van der Waals surface area contributed by atoms with Crippen LogP contribution in [0, 0.1) is 11.3 Å². The van der Waals surface area contributed by atoms with Crippen molar-refractivity contribution in [2.75, 3.05) is 13.7 Å². The number of aliphatic hydroxyl groups excluding tert-OH is 1. The number of rotatable bonds is 5. The van der Waals surface area contributed by atoms with Gasteiger partial charge in [0.2, 0.25) is 0 Å². The van der Waals surface area contributed by atoms with E-state index < -0.39 is 6.10 Å². The number of aliphatic hydroxyl groups is 1. The van der Waals surface area contributed by atoms with Gasteiger partial charge in [0, 0.05) is 41.7 Å². The Balaban J connectivity index is 1.70. The quantitative estimate of drug-likeness (QED) is 0.448. The molecule has 4 aromatic rings. The van der Waals surface area contributed by atoms with Crippen LogP contribution in [0.25, 0.3) is 33.3 Å². The number of fused-ring (bicyclic) bond motifs is 2. The average Bonchev–Trinajstić information content (AvgIpc) is 3.43. The van der Waals surface area contributed by atoms with Gasteiger partial charge < -0.3 is 15.2 Å². The number of amides is 1. The van der Waals surface area contributed by atoms with Gasteiger partial charge in [0.05, 0.1) is 54.4 Å². The van der Waals surface area contributed by atoms with Crippen molar-refractivity contribution in [3.8, 4) is 34.2 Å². The highest BCUT2D eigenvalue weighted by molar-refractivity contribution is 6.03. The summed E-state index contributed by atoms with van der Waals surface area (Å²) in [7, 11) is 3.40. The van der Waals surface area contributed by atoms with Gasteiger partial charge in [-0.25, -0.2) is 0 Å². The average molecular weight is 485 g/mol. The van der Waals surface area contributed by atoms with Crippen LogP contribution in [0.2, 0.25) is 0 Å². The highest BCUT2D eigenvalue weighted by atomic mass is 16.5. The van der Waals surface area contributed by atoms with Gasteiger partial charge in [-0.3, -0.25) is 14.2 Å². The van der Waals surface area contributed by atoms with E-state index in [9.17, 15) is 15.2 Å². The van der Waals surface area contributed by atoms with Gasteiger partial charge in [0.1, 0.15) is 5.75 Å². The molecular formula is C27H28N6O3. The molecular weight excluding hydrogens is 456 g/mol. The molecule has 1 aliphatic heterocycles. The zero-order valence-corrected chi connectivity index (χ0v) is 21.0. The zero-order valence-electron chi connectivity index (χ0n) is 21.0. The molecule has 1 atom stereocenters. The van der Waals surface area contributed by atoms with Crippen LogP contribution < -0.4 is 10.1 Å². The third kappa shape index (κ3) is 3.80. The maximum absolute atomic E-state index is 12.7. The summed E-state index contributed by atoms with van der Waals surface area (Å²) in [5, 5.41) is 32.5. The molecule has 0 aliphatic carbocycles. The topological polar surface area (TPSA) is 118 Å².